The van der Waals surface area contributed by atoms with Crippen molar-refractivity contribution in [2.75, 3.05) is 16.8 Å². The number of nitrogens with one attached hydrogen (secondary N) is 1. The number of rotatable bonds is 4. The van der Waals surface area contributed by atoms with Crippen LogP contribution in [-0.2, 0) is 9.59 Å². The third kappa shape index (κ3) is 3.37. The van der Waals surface area contributed by atoms with Crippen molar-refractivity contribution in [3.8, 4) is 5.75 Å². The van der Waals surface area contributed by atoms with Gasteiger partial charge in [0.05, 0.1) is 5.69 Å². The van der Waals surface area contributed by atoms with Gasteiger partial charge in [0.15, 0.2) is 6.10 Å². The first-order valence-corrected chi connectivity index (χ1v) is 7.84. The molecule has 24 heavy (non-hydrogen) atoms. The fourth-order valence-corrected chi connectivity index (χ4v) is 2.61. The highest BCUT2D eigenvalue weighted by Gasteiger charge is 2.31. The number of ether oxygens (including phenoxy) is 1. The van der Waals surface area contributed by atoms with E-state index in [1.165, 1.54) is 0 Å². The molecule has 6 nitrogen and oxygen atoms in total. The molecule has 0 saturated carbocycles. The summed E-state index contributed by atoms with van der Waals surface area (Å²) < 4.78 is 5.59. The Kier molecular flexibility index (Phi) is 4.46. The van der Waals surface area contributed by atoms with Crippen molar-refractivity contribution in [1.29, 1.82) is 0 Å². The molecule has 3 rings (SSSR count). The zero-order chi connectivity index (χ0) is 17.1. The van der Waals surface area contributed by atoms with Crippen LogP contribution in [0.1, 0.15) is 18.9 Å². The first-order chi connectivity index (χ1) is 11.5. The first-order valence-electron chi connectivity index (χ1n) is 7.84. The second kappa shape index (κ2) is 6.70. The number of para-hydroxylation sites is 2. The molecule has 2 amide bonds. The zero-order valence-corrected chi connectivity index (χ0v) is 13.7. The van der Waals surface area contributed by atoms with Crippen molar-refractivity contribution in [3.63, 3.8) is 0 Å². The number of carbonyl (C=O) groups excluding carboxylic acids is 2. The Morgan fingerprint density at radius 1 is 1.33 bits per heavy atom. The van der Waals surface area contributed by atoms with E-state index >= 15 is 0 Å². The third-order valence-corrected chi connectivity index (χ3v) is 3.82. The topological polar surface area (TPSA) is 71.5 Å². The normalized spacial score (nSPS) is 16.3. The predicted octanol–water partition coefficient (Wildman–Crippen LogP) is 2.53. The highest BCUT2D eigenvalue weighted by molar-refractivity contribution is 6.00. The van der Waals surface area contributed by atoms with Gasteiger partial charge < -0.3 is 15.0 Å². The van der Waals surface area contributed by atoms with E-state index in [1.54, 1.807) is 24.1 Å². The van der Waals surface area contributed by atoms with Gasteiger partial charge in [-0.15, -0.1) is 0 Å². The van der Waals surface area contributed by atoms with Gasteiger partial charge in [0.1, 0.15) is 11.6 Å². The standard InChI is InChI=1S/C18H19N3O3/c1-12-7-9-19-16(11-12)20-17(22)8-10-21-14-5-3-4-6-15(14)24-13(2)18(21)23/h3-7,9,11,13H,8,10H2,1-2H3,(H,19,20,22). The number of aryl methyl sites for hydroxylation is 1. The SMILES string of the molecule is Cc1ccnc(NC(=O)CCN2C(=O)C(C)Oc3ccccc32)c1. The van der Waals surface area contributed by atoms with Crippen LogP contribution in [0.4, 0.5) is 11.5 Å². The van der Waals surface area contributed by atoms with E-state index in [4.69, 9.17) is 4.74 Å². The number of nitrogens with zero attached hydrogens (tertiary/aromatic N) is 2. The molecule has 1 N–H and O–H groups in total. The lowest BCUT2D eigenvalue weighted by molar-refractivity contribution is -0.125. The molecule has 0 radical (unpaired) electrons. The van der Waals surface area contributed by atoms with Gasteiger partial charge in [-0.1, -0.05) is 12.1 Å². The third-order valence-electron chi connectivity index (χ3n) is 3.82. The molecule has 0 bridgehead atoms. The number of anilines is 2. The smallest absolute Gasteiger partial charge is 0.267 e. The van der Waals surface area contributed by atoms with Crippen molar-refractivity contribution in [1.82, 2.24) is 4.98 Å². The number of hydrogen-bond donors (Lipinski definition) is 1. The molecule has 0 fully saturated rings. The number of fused-ring (bicyclic) bond motifs is 1. The summed E-state index contributed by atoms with van der Waals surface area (Å²) in [5.41, 5.74) is 1.72. The average molecular weight is 325 g/mol. The molecule has 124 valence electrons. The summed E-state index contributed by atoms with van der Waals surface area (Å²) in [6.45, 7) is 3.94. The quantitative estimate of drug-likeness (QED) is 0.937. The Morgan fingerprint density at radius 2 is 2.12 bits per heavy atom. The molecule has 1 aliphatic heterocycles. The highest BCUT2D eigenvalue weighted by atomic mass is 16.5. The number of amides is 2. The number of carbonyl (C=O) groups is 2. The van der Waals surface area contributed by atoms with E-state index in [0.717, 1.165) is 5.56 Å². The molecule has 2 aromatic rings. The lowest BCUT2D eigenvalue weighted by atomic mass is 10.1. The van der Waals surface area contributed by atoms with Crippen molar-refractivity contribution in [2.24, 2.45) is 0 Å². The van der Waals surface area contributed by atoms with Crippen molar-refractivity contribution < 1.29 is 14.3 Å². The summed E-state index contributed by atoms with van der Waals surface area (Å²) in [4.78, 5) is 30.2. The Morgan fingerprint density at radius 3 is 2.92 bits per heavy atom. The first kappa shape index (κ1) is 16.0. The summed E-state index contributed by atoms with van der Waals surface area (Å²) in [5, 5.41) is 2.75. The van der Waals surface area contributed by atoms with Crippen molar-refractivity contribution in [3.05, 3.63) is 48.2 Å². The monoisotopic (exact) mass is 325 g/mol. The zero-order valence-electron chi connectivity index (χ0n) is 13.7. The second-order valence-corrected chi connectivity index (χ2v) is 5.73. The average Bonchev–Trinajstić information content (AvgIpc) is 2.55. The molecule has 0 spiro atoms. The number of aromatic nitrogens is 1. The minimum absolute atomic E-state index is 0.143. The molecule has 1 aromatic heterocycles. The number of hydrogen-bond acceptors (Lipinski definition) is 4. The molecule has 0 aliphatic carbocycles. The largest absolute Gasteiger partial charge is 0.479 e. The summed E-state index contributed by atoms with van der Waals surface area (Å²) in [6, 6.07) is 11.0. The van der Waals surface area contributed by atoms with Gasteiger partial charge in [0.25, 0.3) is 5.91 Å². The highest BCUT2D eigenvalue weighted by Crippen LogP contribution is 2.33. The number of benzene rings is 1. The lowest BCUT2D eigenvalue weighted by Gasteiger charge is -2.32. The predicted molar refractivity (Wildman–Crippen MR) is 91.1 cm³/mol. The van der Waals surface area contributed by atoms with Gasteiger partial charge >= 0.3 is 0 Å². The van der Waals surface area contributed by atoms with Crippen LogP contribution in [0.3, 0.4) is 0 Å². The van der Waals surface area contributed by atoms with E-state index in [-0.39, 0.29) is 18.2 Å². The van der Waals surface area contributed by atoms with Crippen LogP contribution in [0.2, 0.25) is 0 Å². The van der Waals surface area contributed by atoms with Crippen molar-refractivity contribution >= 4 is 23.3 Å². The maximum atomic E-state index is 12.4. The van der Waals surface area contributed by atoms with E-state index < -0.39 is 6.10 Å². The maximum absolute atomic E-state index is 12.4. The van der Waals surface area contributed by atoms with Crippen LogP contribution < -0.4 is 15.0 Å². The van der Waals surface area contributed by atoms with Crippen LogP contribution in [-0.4, -0.2) is 29.4 Å². The molecule has 0 saturated heterocycles. The molecule has 1 atom stereocenters. The lowest BCUT2D eigenvalue weighted by Crippen LogP contribution is -2.45. The molecule has 1 aromatic carbocycles. The summed E-state index contributed by atoms with van der Waals surface area (Å²) in [6.07, 6.45) is 1.28. The molecule has 2 heterocycles. The van der Waals surface area contributed by atoms with Gasteiger partial charge in [0.2, 0.25) is 5.91 Å². The Labute approximate surface area is 140 Å². The second-order valence-electron chi connectivity index (χ2n) is 5.73. The van der Waals surface area contributed by atoms with E-state index in [0.29, 0.717) is 23.8 Å². The van der Waals surface area contributed by atoms with Crippen LogP contribution >= 0.6 is 0 Å². The van der Waals surface area contributed by atoms with E-state index in [1.807, 2.05) is 37.3 Å². The summed E-state index contributed by atoms with van der Waals surface area (Å²) >= 11 is 0. The van der Waals surface area contributed by atoms with Gasteiger partial charge in [0, 0.05) is 19.2 Å². The van der Waals surface area contributed by atoms with Crippen molar-refractivity contribution in [2.45, 2.75) is 26.4 Å². The van der Waals surface area contributed by atoms with Crippen LogP contribution in [0.5, 0.6) is 5.75 Å². The fraction of sp³-hybridized carbons (Fsp3) is 0.278. The molecule has 6 heteroatoms. The minimum Gasteiger partial charge on any atom is -0.479 e. The van der Waals surface area contributed by atoms with E-state index in [2.05, 4.69) is 10.3 Å². The summed E-state index contributed by atoms with van der Waals surface area (Å²) in [7, 11) is 0. The maximum Gasteiger partial charge on any atom is 0.267 e. The van der Waals surface area contributed by atoms with Crippen LogP contribution in [0.25, 0.3) is 0 Å². The van der Waals surface area contributed by atoms with Crippen LogP contribution in [0, 0.1) is 6.92 Å². The number of pyridine rings is 1. The Balaban J connectivity index is 1.67. The molecular weight excluding hydrogens is 306 g/mol. The Hall–Kier alpha value is -2.89. The Bertz CT molecular complexity index is 776. The molecule has 1 unspecified atom stereocenters. The molecule has 1 aliphatic rings. The fourth-order valence-electron chi connectivity index (χ4n) is 2.61. The van der Waals surface area contributed by atoms with E-state index in [9.17, 15) is 9.59 Å². The van der Waals surface area contributed by atoms with Gasteiger partial charge in [-0.3, -0.25) is 9.59 Å². The van der Waals surface area contributed by atoms with Crippen LogP contribution in [0.15, 0.2) is 42.6 Å². The minimum atomic E-state index is -0.554. The summed E-state index contributed by atoms with van der Waals surface area (Å²) in [5.74, 6) is 0.847. The van der Waals surface area contributed by atoms with Gasteiger partial charge in [-0.25, -0.2) is 4.98 Å². The molecular formula is C18H19N3O3. The van der Waals surface area contributed by atoms with Gasteiger partial charge in [-0.05, 0) is 43.7 Å². The van der Waals surface area contributed by atoms with Gasteiger partial charge in [-0.2, -0.15) is 0 Å².